The maximum absolute atomic E-state index is 15.3. The van der Waals surface area contributed by atoms with E-state index in [1.165, 1.54) is 18.3 Å². The smallest absolute Gasteiger partial charge is 0.160 e. The molecule has 0 spiro atoms. The number of anilines is 2. The third-order valence-corrected chi connectivity index (χ3v) is 4.97. The Morgan fingerprint density at radius 3 is 2.54 bits per heavy atom. The molecule has 146 valence electrons. The monoisotopic (exact) mass is 388 g/mol. The lowest BCUT2D eigenvalue weighted by Gasteiger charge is -2.32. The molecule has 3 N–H and O–H groups in total. The highest BCUT2D eigenvalue weighted by Crippen LogP contribution is 2.41. The molecule has 3 aromatic rings. The van der Waals surface area contributed by atoms with Crippen molar-refractivity contribution in [3.05, 3.63) is 47.9 Å². The van der Waals surface area contributed by atoms with Gasteiger partial charge in [-0.2, -0.15) is 0 Å². The molecule has 4 rings (SSSR count). The zero-order valence-electron chi connectivity index (χ0n) is 15.2. The summed E-state index contributed by atoms with van der Waals surface area (Å²) < 4.78 is 44.6. The second-order valence-electron chi connectivity index (χ2n) is 6.59. The number of phenols is 1. The summed E-state index contributed by atoms with van der Waals surface area (Å²) >= 11 is 0. The van der Waals surface area contributed by atoms with Gasteiger partial charge in [0.25, 0.3) is 0 Å². The second kappa shape index (κ2) is 7.20. The quantitative estimate of drug-likeness (QED) is 0.641. The van der Waals surface area contributed by atoms with Crippen LogP contribution in [-0.4, -0.2) is 43.3 Å². The van der Waals surface area contributed by atoms with E-state index >= 15 is 8.78 Å². The molecule has 28 heavy (non-hydrogen) atoms. The number of nitrogens with one attached hydrogen (secondary N) is 2. The van der Waals surface area contributed by atoms with Crippen molar-refractivity contribution < 1.29 is 18.3 Å². The van der Waals surface area contributed by atoms with Gasteiger partial charge >= 0.3 is 0 Å². The zero-order valence-corrected chi connectivity index (χ0v) is 15.2. The average molecular weight is 388 g/mol. The van der Waals surface area contributed by atoms with Crippen molar-refractivity contribution in [1.82, 2.24) is 10.3 Å². The summed E-state index contributed by atoms with van der Waals surface area (Å²) in [5.74, 6) is -3.41. The van der Waals surface area contributed by atoms with E-state index in [1.54, 1.807) is 7.05 Å². The first-order valence-corrected chi connectivity index (χ1v) is 8.95. The first-order chi connectivity index (χ1) is 13.5. The maximum atomic E-state index is 15.3. The van der Waals surface area contributed by atoms with Gasteiger partial charge in [0.15, 0.2) is 5.82 Å². The van der Waals surface area contributed by atoms with Crippen LogP contribution < -0.4 is 15.5 Å². The Balaban J connectivity index is 2.01. The summed E-state index contributed by atoms with van der Waals surface area (Å²) in [6.07, 6.45) is 1.48. The Morgan fingerprint density at radius 1 is 1.11 bits per heavy atom. The number of halogens is 3. The fourth-order valence-electron chi connectivity index (χ4n) is 3.65. The molecule has 5 nitrogen and oxygen atoms in total. The second-order valence-corrected chi connectivity index (χ2v) is 6.59. The van der Waals surface area contributed by atoms with Crippen molar-refractivity contribution in [2.45, 2.75) is 0 Å². The number of fused-ring (bicyclic) bond motifs is 1. The van der Waals surface area contributed by atoms with Gasteiger partial charge in [0.2, 0.25) is 0 Å². The number of aromatic hydroxyl groups is 1. The van der Waals surface area contributed by atoms with Gasteiger partial charge in [0.1, 0.15) is 22.9 Å². The average Bonchev–Trinajstić information content (AvgIpc) is 2.70. The number of benzene rings is 2. The lowest BCUT2D eigenvalue weighted by molar-refractivity contribution is 0.470. The standard InChI is InChI=1S/C20H19F3N4O/c1-24-14-10-26-19-11(20(14)27-7-5-25-6-8-27)9-13(22)17(18(19)23)16-12(21)3-2-4-15(16)28/h2-4,9-10,24-25,28H,5-8H2,1H3. The molecule has 1 saturated heterocycles. The van der Waals surface area contributed by atoms with Crippen LogP contribution in [0.25, 0.3) is 22.0 Å². The molecule has 8 heteroatoms. The molecule has 1 aromatic heterocycles. The summed E-state index contributed by atoms with van der Waals surface area (Å²) in [6.45, 7) is 2.85. The van der Waals surface area contributed by atoms with Crippen LogP contribution in [0, 0.1) is 17.5 Å². The number of hydrogen-bond donors (Lipinski definition) is 3. The van der Waals surface area contributed by atoms with E-state index < -0.39 is 34.3 Å². The molecule has 0 unspecified atom stereocenters. The minimum Gasteiger partial charge on any atom is -0.507 e. The highest BCUT2D eigenvalue weighted by molar-refractivity contribution is 6.00. The van der Waals surface area contributed by atoms with Crippen LogP contribution in [0.15, 0.2) is 30.5 Å². The van der Waals surface area contributed by atoms with Gasteiger partial charge in [-0.25, -0.2) is 13.2 Å². The number of phenolic OH excluding ortho intramolecular Hbond substituents is 1. The van der Waals surface area contributed by atoms with E-state index in [4.69, 9.17) is 0 Å². The van der Waals surface area contributed by atoms with Crippen LogP contribution in [-0.2, 0) is 0 Å². The SMILES string of the molecule is CNc1cnc2c(F)c(-c3c(O)cccc3F)c(F)cc2c1N1CCNCC1. The summed E-state index contributed by atoms with van der Waals surface area (Å²) in [5, 5.41) is 16.5. The third-order valence-electron chi connectivity index (χ3n) is 4.97. The first-order valence-electron chi connectivity index (χ1n) is 8.95. The normalized spacial score (nSPS) is 14.5. The Labute approximate surface area is 159 Å². The molecule has 2 aromatic carbocycles. The van der Waals surface area contributed by atoms with Crippen LogP contribution in [0.4, 0.5) is 24.5 Å². The minimum atomic E-state index is -1.01. The van der Waals surface area contributed by atoms with Crippen LogP contribution >= 0.6 is 0 Å². The molecular formula is C20H19F3N4O. The van der Waals surface area contributed by atoms with Crippen LogP contribution in [0.3, 0.4) is 0 Å². The summed E-state index contributed by atoms with van der Waals surface area (Å²) in [6, 6.07) is 4.66. The molecule has 0 radical (unpaired) electrons. The van der Waals surface area contributed by atoms with Gasteiger partial charge in [-0.3, -0.25) is 4.98 Å². The number of piperazine rings is 1. The van der Waals surface area contributed by atoms with E-state index in [2.05, 4.69) is 15.6 Å². The molecule has 0 saturated carbocycles. The molecule has 1 aliphatic rings. The molecule has 0 amide bonds. The molecule has 1 aliphatic heterocycles. The predicted octanol–water partition coefficient (Wildman–Crippen LogP) is 3.48. The van der Waals surface area contributed by atoms with Crippen molar-refractivity contribution in [1.29, 1.82) is 0 Å². The van der Waals surface area contributed by atoms with Crippen LogP contribution in [0.5, 0.6) is 5.75 Å². The molecule has 0 bridgehead atoms. The van der Waals surface area contributed by atoms with E-state index in [9.17, 15) is 9.50 Å². The van der Waals surface area contributed by atoms with Gasteiger partial charge in [0, 0.05) is 38.6 Å². The van der Waals surface area contributed by atoms with Gasteiger partial charge in [-0.1, -0.05) is 6.07 Å². The van der Waals surface area contributed by atoms with Gasteiger partial charge < -0.3 is 20.6 Å². The number of pyridine rings is 1. The number of hydrogen-bond acceptors (Lipinski definition) is 5. The summed E-state index contributed by atoms with van der Waals surface area (Å²) in [7, 11) is 1.72. The van der Waals surface area contributed by atoms with E-state index in [0.29, 0.717) is 29.9 Å². The van der Waals surface area contributed by atoms with E-state index in [1.807, 2.05) is 4.90 Å². The maximum Gasteiger partial charge on any atom is 0.160 e. The summed E-state index contributed by atoms with van der Waals surface area (Å²) in [4.78, 5) is 6.18. The van der Waals surface area contributed by atoms with E-state index in [0.717, 1.165) is 25.2 Å². The largest absolute Gasteiger partial charge is 0.507 e. The van der Waals surface area contributed by atoms with Gasteiger partial charge in [-0.15, -0.1) is 0 Å². The lowest BCUT2D eigenvalue weighted by Crippen LogP contribution is -2.43. The third kappa shape index (κ3) is 2.90. The Morgan fingerprint density at radius 2 is 1.86 bits per heavy atom. The molecule has 2 heterocycles. The summed E-state index contributed by atoms with van der Waals surface area (Å²) in [5.41, 5.74) is 0.0825. The first kappa shape index (κ1) is 18.4. The fourth-order valence-corrected chi connectivity index (χ4v) is 3.65. The van der Waals surface area contributed by atoms with Crippen molar-refractivity contribution in [3.63, 3.8) is 0 Å². The van der Waals surface area contributed by atoms with Crippen LogP contribution in [0.2, 0.25) is 0 Å². The minimum absolute atomic E-state index is 0.0772. The van der Waals surface area contributed by atoms with Crippen molar-refractivity contribution in [3.8, 4) is 16.9 Å². The lowest BCUT2D eigenvalue weighted by atomic mass is 9.99. The predicted molar refractivity (Wildman–Crippen MR) is 103 cm³/mol. The highest BCUT2D eigenvalue weighted by atomic mass is 19.1. The topological polar surface area (TPSA) is 60.4 Å². The molecule has 0 aliphatic carbocycles. The molecule has 1 fully saturated rings. The van der Waals surface area contributed by atoms with E-state index in [-0.39, 0.29) is 5.52 Å². The van der Waals surface area contributed by atoms with Crippen molar-refractivity contribution in [2.24, 2.45) is 0 Å². The highest BCUT2D eigenvalue weighted by Gasteiger charge is 2.26. The van der Waals surface area contributed by atoms with Crippen LogP contribution in [0.1, 0.15) is 0 Å². The van der Waals surface area contributed by atoms with Crippen molar-refractivity contribution in [2.75, 3.05) is 43.4 Å². The Kier molecular flexibility index (Phi) is 4.72. The van der Waals surface area contributed by atoms with Gasteiger partial charge in [-0.05, 0) is 18.2 Å². The number of rotatable bonds is 3. The van der Waals surface area contributed by atoms with Gasteiger partial charge in [0.05, 0.1) is 28.7 Å². The molecular weight excluding hydrogens is 369 g/mol. The molecule has 0 atom stereocenters. The number of aromatic nitrogens is 1. The zero-order chi connectivity index (χ0) is 19.8. The number of nitrogens with zero attached hydrogens (tertiary/aromatic N) is 2. The fraction of sp³-hybridized carbons (Fsp3) is 0.250. The Bertz CT molecular complexity index is 1030. The Hall–Kier alpha value is -3.00. The van der Waals surface area contributed by atoms with Crippen molar-refractivity contribution >= 4 is 22.3 Å².